The summed E-state index contributed by atoms with van der Waals surface area (Å²) in [6.07, 6.45) is 0. The molecular formula is C16H26N4O2S. The summed E-state index contributed by atoms with van der Waals surface area (Å²) in [6, 6.07) is 9.17. The molecule has 0 atom stereocenters. The standard InChI is InChI=1S/C16H26N4O2S/c1-5-19(6-2)23(21,22)20(11-10-18(3)4)14-16-9-7-8-15(12-16)13-17/h7-9,12H,5-6,10-11,14H2,1-4H3. The maximum atomic E-state index is 12.8. The molecule has 0 saturated heterocycles. The van der Waals surface area contributed by atoms with Crippen LogP contribution in [0.3, 0.4) is 0 Å². The Kier molecular flexibility index (Phi) is 7.65. The van der Waals surface area contributed by atoms with Crippen LogP contribution in [0.15, 0.2) is 24.3 Å². The van der Waals surface area contributed by atoms with Gasteiger partial charge in [-0.25, -0.2) is 0 Å². The fourth-order valence-corrected chi connectivity index (χ4v) is 3.85. The molecule has 0 aromatic heterocycles. The van der Waals surface area contributed by atoms with Gasteiger partial charge in [-0.3, -0.25) is 0 Å². The van der Waals surface area contributed by atoms with Crippen molar-refractivity contribution in [3.8, 4) is 6.07 Å². The van der Waals surface area contributed by atoms with Crippen molar-refractivity contribution in [2.45, 2.75) is 20.4 Å². The first kappa shape index (κ1) is 19.6. The van der Waals surface area contributed by atoms with E-state index in [4.69, 9.17) is 5.26 Å². The second-order valence-electron chi connectivity index (χ2n) is 5.54. The average molecular weight is 338 g/mol. The van der Waals surface area contributed by atoms with Crippen molar-refractivity contribution in [1.82, 2.24) is 13.5 Å². The quantitative estimate of drug-likeness (QED) is 0.684. The highest BCUT2D eigenvalue weighted by atomic mass is 32.2. The molecule has 0 fully saturated rings. The van der Waals surface area contributed by atoms with Crippen molar-refractivity contribution in [2.24, 2.45) is 0 Å². The lowest BCUT2D eigenvalue weighted by atomic mass is 10.1. The summed E-state index contributed by atoms with van der Waals surface area (Å²) in [6.45, 7) is 5.86. The normalized spacial score (nSPS) is 12.1. The highest BCUT2D eigenvalue weighted by molar-refractivity contribution is 7.86. The van der Waals surface area contributed by atoms with E-state index in [1.54, 1.807) is 18.2 Å². The molecule has 0 aliphatic carbocycles. The van der Waals surface area contributed by atoms with Crippen molar-refractivity contribution in [2.75, 3.05) is 40.3 Å². The zero-order valence-electron chi connectivity index (χ0n) is 14.4. The Bertz CT molecular complexity index is 634. The minimum atomic E-state index is -3.52. The smallest absolute Gasteiger partial charge is 0.282 e. The first-order valence-electron chi connectivity index (χ1n) is 7.74. The molecule has 0 amide bonds. The fourth-order valence-electron chi connectivity index (χ4n) is 2.24. The molecular weight excluding hydrogens is 312 g/mol. The molecule has 1 aromatic carbocycles. The summed E-state index contributed by atoms with van der Waals surface area (Å²) in [5.74, 6) is 0. The van der Waals surface area contributed by atoms with Crippen LogP contribution in [0.25, 0.3) is 0 Å². The highest BCUT2D eigenvalue weighted by Crippen LogP contribution is 2.14. The molecule has 0 saturated carbocycles. The van der Waals surface area contributed by atoms with E-state index in [-0.39, 0.29) is 6.54 Å². The van der Waals surface area contributed by atoms with Crippen molar-refractivity contribution in [3.05, 3.63) is 35.4 Å². The molecule has 0 unspecified atom stereocenters. The second kappa shape index (κ2) is 8.99. The van der Waals surface area contributed by atoms with Gasteiger partial charge in [-0.15, -0.1) is 0 Å². The van der Waals surface area contributed by atoms with Crippen molar-refractivity contribution >= 4 is 10.2 Å². The van der Waals surface area contributed by atoms with Crippen molar-refractivity contribution in [1.29, 1.82) is 5.26 Å². The zero-order valence-corrected chi connectivity index (χ0v) is 15.2. The van der Waals surface area contributed by atoms with Gasteiger partial charge >= 0.3 is 0 Å². The van der Waals surface area contributed by atoms with Gasteiger partial charge in [-0.1, -0.05) is 26.0 Å². The van der Waals surface area contributed by atoms with Crippen LogP contribution in [0.2, 0.25) is 0 Å². The average Bonchev–Trinajstić information content (AvgIpc) is 2.52. The van der Waals surface area contributed by atoms with E-state index in [0.717, 1.165) is 5.56 Å². The summed E-state index contributed by atoms with van der Waals surface area (Å²) in [4.78, 5) is 1.95. The summed E-state index contributed by atoms with van der Waals surface area (Å²) in [7, 11) is 0.311. The molecule has 128 valence electrons. The maximum absolute atomic E-state index is 12.8. The van der Waals surface area contributed by atoms with Gasteiger partial charge in [0.15, 0.2) is 0 Å². The lowest BCUT2D eigenvalue weighted by molar-refractivity contribution is 0.304. The Hall–Kier alpha value is -1.46. The third-order valence-electron chi connectivity index (χ3n) is 3.57. The van der Waals surface area contributed by atoms with Gasteiger partial charge in [-0.05, 0) is 31.8 Å². The van der Waals surface area contributed by atoms with Gasteiger partial charge in [0, 0.05) is 32.7 Å². The Morgan fingerprint density at radius 2 is 1.74 bits per heavy atom. The van der Waals surface area contributed by atoms with Crippen molar-refractivity contribution < 1.29 is 8.42 Å². The number of nitrogens with zero attached hydrogens (tertiary/aromatic N) is 4. The summed E-state index contributed by atoms with van der Waals surface area (Å²) < 4.78 is 28.6. The van der Waals surface area contributed by atoms with Crippen LogP contribution >= 0.6 is 0 Å². The van der Waals surface area contributed by atoms with E-state index < -0.39 is 10.2 Å². The lowest BCUT2D eigenvalue weighted by Gasteiger charge is -2.29. The largest absolute Gasteiger partial charge is 0.308 e. The molecule has 0 heterocycles. The SMILES string of the molecule is CCN(CC)S(=O)(=O)N(CCN(C)C)Cc1cccc(C#N)c1. The van der Waals surface area contributed by atoms with Crippen LogP contribution in [0.1, 0.15) is 25.0 Å². The van der Waals surface area contributed by atoms with E-state index >= 15 is 0 Å². The van der Waals surface area contributed by atoms with Crippen LogP contribution in [0.5, 0.6) is 0 Å². The number of likely N-dealkylation sites (N-methyl/N-ethyl adjacent to an activating group) is 1. The van der Waals surface area contributed by atoms with Gasteiger partial charge in [0.1, 0.15) is 0 Å². The monoisotopic (exact) mass is 338 g/mol. The van der Waals surface area contributed by atoms with E-state index in [9.17, 15) is 8.42 Å². The Morgan fingerprint density at radius 1 is 1.09 bits per heavy atom. The van der Waals surface area contributed by atoms with Crippen LogP contribution < -0.4 is 0 Å². The predicted octanol–water partition coefficient (Wildman–Crippen LogP) is 1.51. The molecule has 0 bridgehead atoms. The van der Waals surface area contributed by atoms with E-state index in [0.29, 0.717) is 31.7 Å². The highest BCUT2D eigenvalue weighted by Gasteiger charge is 2.27. The molecule has 0 spiro atoms. The van der Waals surface area contributed by atoms with Gasteiger partial charge in [0.25, 0.3) is 10.2 Å². The molecule has 0 radical (unpaired) electrons. The van der Waals surface area contributed by atoms with E-state index in [1.807, 2.05) is 38.9 Å². The van der Waals surface area contributed by atoms with Gasteiger partial charge in [-0.2, -0.15) is 22.3 Å². The first-order valence-corrected chi connectivity index (χ1v) is 9.13. The van der Waals surface area contributed by atoms with Crippen LogP contribution in [-0.4, -0.2) is 62.2 Å². The van der Waals surface area contributed by atoms with E-state index in [1.165, 1.54) is 8.61 Å². The number of rotatable bonds is 9. The minimum Gasteiger partial charge on any atom is -0.308 e. The number of benzene rings is 1. The van der Waals surface area contributed by atoms with Crippen LogP contribution in [0.4, 0.5) is 0 Å². The summed E-state index contributed by atoms with van der Waals surface area (Å²) >= 11 is 0. The topological polar surface area (TPSA) is 67.7 Å². The van der Waals surface area contributed by atoms with Crippen molar-refractivity contribution in [3.63, 3.8) is 0 Å². The predicted molar refractivity (Wildman–Crippen MR) is 92.0 cm³/mol. The zero-order chi connectivity index (χ0) is 17.5. The molecule has 1 aromatic rings. The Labute approximate surface area is 140 Å². The van der Waals surface area contributed by atoms with E-state index in [2.05, 4.69) is 6.07 Å². The fraction of sp³-hybridized carbons (Fsp3) is 0.562. The lowest BCUT2D eigenvalue weighted by Crippen LogP contribution is -2.45. The number of nitriles is 1. The third kappa shape index (κ3) is 5.59. The molecule has 0 N–H and O–H groups in total. The van der Waals surface area contributed by atoms with Gasteiger partial charge < -0.3 is 4.90 Å². The van der Waals surface area contributed by atoms with Crippen LogP contribution in [-0.2, 0) is 16.8 Å². The molecule has 23 heavy (non-hydrogen) atoms. The molecule has 0 aliphatic heterocycles. The first-order chi connectivity index (χ1) is 10.8. The second-order valence-corrected chi connectivity index (χ2v) is 7.47. The number of hydrogen-bond donors (Lipinski definition) is 0. The molecule has 1 rings (SSSR count). The third-order valence-corrected chi connectivity index (χ3v) is 5.70. The number of hydrogen-bond acceptors (Lipinski definition) is 4. The molecule has 7 heteroatoms. The minimum absolute atomic E-state index is 0.266. The van der Waals surface area contributed by atoms with Gasteiger partial charge in [0.2, 0.25) is 0 Å². The molecule has 0 aliphatic rings. The maximum Gasteiger partial charge on any atom is 0.282 e. The Morgan fingerprint density at radius 3 is 2.26 bits per heavy atom. The summed E-state index contributed by atoms with van der Waals surface area (Å²) in [5, 5.41) is 9.00. The molecule has 6 nitrogen and oxygen atoms in total. The summed E-state index contributed by atoms with van der Waals surface area (Å²) in [5.41, 5.74) is 1.36. The Balaban J connectivity index is 3.07. The van der Waals surface area contributed by atoms with Crippen LogP contribution in [0, 0.1) is 11.3 Å². The van der Waals surface area contributed by atoms with Gasteiger partial charge in [0.05, 0.1) is 11.6 Å².